The molecule has 1 atom stereocenters. The van der Waals surface area contributed by atoms with Crippen LogP contribution in [0.15, 0.2) is 73.2 Å². The van der Waals surface area contributed by atoms with E-state index in [9.17, 15) is 9.59 Å². The zero-order valence-electron chi connectivity index (χ0n) is 19.3. The van der Waals surface area contributed by atoms with Gasteiger partial charge in [-0.25, -0.2) is 9.78 Å². The van der Waals surface area contributed by atoms with Crippen LogP contribution in [0.3, 0.4) is 0 Å². The van der Waals surface area contributed by atoms with E-state index in [-0.39, 0.29) is 12.5 Å². The van der Waals surface area contributed by atoms with Gasteiger partial charge < -0.3 is 15.0 Å². The van der Waals surface area contributed by atoms with Crippen molar-refractivity contribution in [3.63, 3.8) is 0 Å². The molecular formula is C25H21ClN8O3. The monoisotopic (exact) mass is 516 g/mol. The van der Waals surface area contributed by atoms with E-state index in [2.05, 4.69) is 36.1 Å². The molecule has 4 aromatic rings. The Balaban J connectivity index is 1.39. The van der Waals surface area contributed by atoms with Gasteiger partial charge in [-0.1, -0.05) is 42.0 Å². The van der Waals surface area contributed by atoms with Crippen molar-refractivity contribution in [1.29, 1.82) is 0 Å². The van der Waals surface area contributed by atoms with Gasteiger partial charge in [0, 0.05) is 22.2 Å². The molecule has 0 radical (unpaired) electrons. The van der Waals surface area contributed by atoms with E-state index < -0.39 is 12.1 Å². The number of fused-ring (bicyclic) bond motifs is 4. The third kappa shape index (κ3) is 5.73. The van der Waals surface area contributed by atoms with E-state index in [0.717, 1.165) is 5.56 Å². The molecule has 0 saturated carbocycles. The fraction of sp³-hybridized carbons (Fsp3) is 0.120. The second-order valence-electron chi connectivity index (χ2n) is 8.01. The van der Waals surface area contributed by atoms with Crippen molar-refractivity contribution in [3.8, 4) is 16.9 Å². The molecule has 0 saturated heterocycles. The minimum Gasteiger partial charge on any atom is -0.445 e. The molecule has 2 aromatic carbocycles. The number of benzene rings is 2. The number of aromatic amines is 1. The number of cyclic esters (lactones) is 1. The minimum absolute atomic E-state index is 0.0891. The number of H-pyrrole nitrogens is 1. The zero-order valence-corrected chi connectivity index (χ0v) is 20.1. The van der Waals surface area contributed by atoms with Gasteiger partial charge >= 0.3 is 6.09 Å². The Labute approximate surface area is 216 Å². The Hall–Kier alpha value is -4.77. The molecular weight excluding hydrogens is 496 g/mol. The second-order valence-corrected chi connectivity index (χ2v) is 8.45. The molecule has 3 N–H and O–H groups in total. The lowest BCUT2D eigenvalue weighted by molar-refractivity contribution is -0.117. The van der Waals surface area contributed by atoms with Crippen LogP contribution in [-0.2, 0) is 9.53 Å². The van der Waals surface area contributed by atoms with E-state index in [0.29, 0.717) is 39.9 Å². The summed E-state index contributed by atoms with van der Waals surface area (Å²) in [5.41, 5.74) is 3.34. The molecule has 37 heavy (non-hydrogen) atoms. The number of nitrogens with zero attached hydrogens (tertiary/aromatic N) is 5. The Morgan fingerprint density at radius 2 is 2.11 bits per heavy atom. The number of rotatable bonds is 4. The summed E-state index contributed by atoms with van der Waals surface area (Å²) in [6.07, 6.45) is 9.57. The summed E-state index contributed by atoms with van der Waals surface area (Å²) in [5.74, 6) is 0.233. The SMILES string of the molecule is O=C(C=Cc1cc(Cl)ccc1-n1cnnn1)N[C@H]1CC=CCOC(=O)Nc2ccccc2-c2cnc1[nH]2. The molecule has 0 unspecified atom stereocenters. The molecule has 5 rings (SSSR count). The van der Waals surface area contributed by atoms with Gasteiger partial charge in [0.2, 0.25) is 5.91 Å². The van der Waals surface area contributed by atoms with Crippen molar-refractivity contribution in [2.45, 2.75) is 12.5 Å². The fourth-order valence-electron chi connectivity index (χ4n) is 3.81. The van der Waals surface area contributed by atoms with Gasteiger partial charge in [-0.15, -0.1) is 5.10 Å². The maximum absolute atomic E-state index is 12.9. The number of amides is 2. The fourth-order valence-corrected chi connectivity index (χ4v) is 3.99. The van der Waals surface area contributed by atoms with Gasteiger partial charge in [-0.2, -0.15) is 4.68 Å². The van der Waals surface area contributed by atoms with Crippen LogP contribution in [0, 0.1) is 0 Å². The molecule has 11 nitrogen and oxygen atoms in total. The smallest absolute Gasteiger partial charge is 0.411 e. The highest BCUT2D eigenvalue weighted by atomic mass is 35.5. The van der Waals surface area contributed by atoms with E-state index >= 15 is 0 Å². The molecule has 1 aliphatic rings. The third-order valence-corrected chi connectivity index (χ3v) is 5.78. The Morgan fingerprint density at radius 3 is 2.97 bits per heavy atom. The average molecular weight is 517 g/mol. The number of aromatic nitrogens is 6. The Bertz CT molecular complexity index is 1480. The first kappa shape index (κ1) is 23.9. The highest BCUT2D eigenvalue weighted by Gasteiger charge is 2.18. The van der Waals surface area contributed by atoms with Crippen molar-refractivity contribution in [2.24, 2.45) is 0 Å². The summed E-state index contributed by atoms with van der Waals surface area (Å²) in [5, 5.41) is 17.5. The zero-order chi connectivity index (χ0) is 25.6. The number of halogens is 1. The molecule has 1 aliphatic heterocycles. The van der Waals surface area contributed by atoms with Gasteiger partial charge in [-0.3, -0.25) is 10.1 Å². The maximum Gasteiger partial charge on any atom is 0.411 e. The lowest BCUT2D eigenvalue weighted by Gasteiger charge is -2.14. The van der Waals surface area contributed by atoms with Crippen LogP contribution in [0.1, 0.15) is 23.9 Å². The van der Waals surface area contributed by atoms with Crippen molar-refractivity contribution in [2.75, 3.05) is 11.9 Å². The van der Waals surface area contributed by atoms with Gasteiger partial charge in [0.05, 0.1) is 29.3 Å². The van der Waals surface area contributed by atoms with Crippen LogP contribution in [0.4, 0.5) is 10.5 Å². The number of hydrogen-bond acceptors (Lipinski definition) is 7. The quantitative estimate of drug-likeness (QED) is 0.274. The highest BCUT2D eigenvalue weighted by Crippen LogP contribution is 2.28. The number of carbonyl (C=O) groups is 2. The molecule has 186 valence electrons. The molecule has 0 aliphatic carbocycles. The van der Waals surface area contributed by atoms with Crippen LogP contribution < -0.4 is 10.6 Å². The van der Waals surface area contributed by atoms with Crippen LogP contribution >= 0.6 is 11.6 Å². The number of tetrazole rings is 1. The number of nitrogens with one attached hydrogen (secondary N) is 3. The Kier molecular flexibility index (Phi) is 7.04. The summed E-state index contributed by atoms with van der Waals surface area (Å²) in [6, 6.07) is 12.0. The van der Waals surface area contributed by atoms with E-state index in [1.807, 2.05) is 24.3 Å². The third-order valence-electron chi connectivity index (χ3n) is 5.54. The summed E-state index contributed by atoms with van der Waals surface area (Å²) in [6.45, 7) is 0.0891. The predicted molar refractivity (Wildman–Crippen MR) is 137 cm³/mol. The van der Waals surface area contributed by atoms with Crippen molar-refractivity contribution < 1.29 is 14.3 Å². The minimum atomic E-state index is -0.562. The molecule has 0 spiro atoms. The summed E-state index contributed by atoms with van der Waals surface area (Å²) < 4.78 is 6.70. The normalized spacial score (nSPS) is 15.6. The van der Waals surface area contributed by atoms with Crippen LogP contribution in [0.2, 0.25) is 5.02 Å². The van der Waals surface area contributed by atoms with E-state index in [1.165, 1.54) is 17.1 Å². The van der Waals surface area contributed by atoms with E-state index in [4.69, 9.17) is 16.3 Å². The van der Waals surface area contributed by atoms with Crippen LogP contribution in [0.5, 0.6) is 0 Å². The largest absolute Gasteiger partial charge is 0.445 e. The number of hydrogen-bond donors (Lipinski definition) is 3. The van der Waals surface area contributed by atoms with Crippen LogP contribution in [-0.4, -0.2) is 48.8 Å². The maximum atomic E-state index is 12.9. The average Bonchev–Trinajstić information content (AvgIpc) is 3.60. The first-order valence-electron chi connectivity index (χ1n) is 11.3. The molecule has 2 aromatic heterocycles. The molecule has 3 heterocycles. The topological polar surface area (TPSA) is 140 Å². The Morgan fingerprint density at radius 1 is 1.22 bits per heavy atom. The summed E-state index contributed by atoms with van der Waals surface area (Å²) in [7, 11) is 0. The molecule has 2 amide bonds. The number of para-hydroxylation sites is 1. The van der Waals surface area contributed by atoms with Crippen molar-refractivity contribution in [3.05, 3.63) is 89.6 Å². The lowest BCUT2D eigenvalue weighted by Crippen LogP contribution is -2.27. The first-order chi connectivity index (χ1) is 18.1. The van der Waals surface area contributed by atoms with Gasteiger partial charge in [0.15, 0.2) is 0 Å². The molecule has 2 bridgehead atoms. The van der Waals surface area contributed by atoms with Crippen LogP contribution in [0.25, 0.3) is 23.0 Å². The van der Waals surface area contributed by atoms with Gasteiger partial charge in [0.1, 0.15) is 18.8 Å². The summed E-state index contributed by atoms with van der Waals surface area (Å²) in [4.78, 5) is 32.9. The lowest BCUT2D eigenvalue weighted by atomic mass is 10.1. The van der Waals surface area contributed by atoms with Gasteiger partial charge in [-0.05, 0) is 47.2 Å². The van der Waals surface area contributed by atoms with Crippen molar-refractivity contribution >= 4 is 35.4 Å². The first-order valence-corrected chi connectivity index (χ1v) is 11.7. The van der Waals surface area contributed by atoms with Gasteiger partial charge in [0.25, 0.3) is 0 Å². The molecule has 0 fully saturated rings. The number of imidazole rings is 1. The predicted octanol–water partition coefficient (Wildman–Crippen LogP) is 4.08. The van der Waals surface area contributed by atoms with Crippen molar-refractivity contribution in [1.82, 2.24) is 35.5 Å². The van der Waals surface area contributed by atoms with E-state index in [1.54, 1.807) is 42.6 Å². The number of ether oxygens (including phenoxy) is 1. The highest BCUT2D eigenvalue weighted by molar-refractivity contribution is 6.30. The second kappa shape index (κ2) is 10.9. The summed E-state index contributed by atoms with van der Waals surface area (Å²) >= 11 is 6.17. The standard InChI is InChI=1S/C25H21ClN8O3/c26-17-9-10-22(34-15-28-32-33-34)16(13-17)8-11-23(35)29-20-7-3-4-12-37-25(36)31-19-6-2-1-5-18(19)21-14-27-24(20)30-21/h1-6,8-11,13-15,20H,7,12H2,(H,27,30)(H,29,35)(H,31,36)/t20-/m0/s1. The number of anilines is 1. The molecule has 12 heteroatoms. The number of carbonyl (C=O) groups excluding carboxylic acids is 2.